The first kappa shape index (κ1) is 22.5. The number of hydrogen-bond donors (Lipinski definition) is 2. The molecule has 3 aromatic rings. The summed E-state index contributed by atoms with van der Waals surface area (Å²) < 4.78 is 5.83. The molecule has 176 valence electrons. The molecule has 0 saturated carbocycles. The van der Waals surface area contributed by atoms with Gasteiger partial charge in [-0.3, -0.25) is 9.69 Å². The van der Waals surface area contributed by atoms with E-state index in [1.54, 1.807) is 6.33 Å². The summed E-state index contributed by atoms with van der Waals surface area (Å²) in [6.07, 6.45) is 3.40. The molecule has 3 aliphatic heterocycles. The highest BCUT2D eigenvalue weighted by molar-refractivity contribution is 5.81. The molecule has 0 aliphatic carbocycles. The second-order valence-electron chi connectivity index (χ2n) is 9.16. The van der Waals surface area contributed by atoms with Crippen molar-refractivity contribution in [3.63, 3.8) is 0 Å². The molecule has 4 heterocycles. The van der Waals surface area contributed by atoms with E-state index in [1.165, 1.54) is 11.1 Å². The van der Waals surface area contributed by atoms with E-state index in [1.807, 2.05) is 30.3 Å². The second kappa shape index (κ2) is 10.3. The molecule has 8 bridgehead atoms. The van der Waals surface area contributed by atoms with Gasteiger partial charge in [0.1, 0.15) is 23.7 Å². The third kappa shape index (κ3) is 5.61. The van der Waals surface area contributed by atoms with Gasteiger partial charge in [0.2, 0.25) is 0 Å². The van der Waals surface area contributed by atoms with E-state index in [2.05, 4.69) is 44.5 Å². The van der Waals surface area contributed by atoms with Crippen LogP contribution < -0.4 is 10.1 Å². The fourth-order valence-corrected chi connectivity index (χ4v) is 4.74. The summed E-state index contributed by atoms with van der Waals surface area (Å²) in [6, 6.07) is 18.2. The lowest BCUT2D eigenvalue weighted by atomic mass is 9.88. The van der Waals surface area contributed by atoms with Crippen molar-refractivity contribution in [3.8, 4) is 5.75 Å². The average molecular weight is 459 g/mol. The Balaban J connectivity index is 1.40. The van der Waals surface area contributed by atoms with Crippen LogP contribution in [0.2, 0.25) is 0 Å². The monoisotopic (exact) mass is 458 g/mol. The molecule has 0 spiro atoms. The Morgan fingerprint density at radius 3 is 2.79 bits per heavy atom. The van der Waals surface area contributed by atoms with Gasteiger partial charge in [-0.1, -0.05) is 24.3 Å². The predicted octanol–water partition coefficient (Wildman–Crippen LogP) is 3.74. The average Bonchev–Trinajstić information content (AvgIpc) is 2.84. The molecular weight excluding hydrogens is 428 g/mol. The lowest BCUT2D eigenvalue weighted by molar-refractivity contribution is -0.129. The number of hydrogen-bond acceptors (Lipinski definition) is 7. The smallest absolute Gasteiger partial charge is 0.139 e. The SMILES string of the molecule is O=C1CCCOc2ccc(cc2)Nc2cc(ncn2)Cc2cccc(c2)CN2CCC(O)C1C2. The number of fused-ring (bicyclic) bond motifs is 6. The Labute approximate surface area is 199 Å². The van der Waals surface area contributed by atoms with Gasteiger partial charge in [-0.25, -0.2) is 9.97 Å². The van der Waals surface area contributed by atoms with Crippen molar-refractivity contribution in [3.05, 3.63) is 77.7 Å². The molecule has 0 amide bonds. The van der Waals surface area contributed by atoms with E-state index >= 15 is 0 Å². The van der Waals surface area contributed by atoms with Crippen molar-refractivity contribution in [2.24, 2.45) is 5.92 Å². The zero-order valence-electron chi connectivity index (χ0n) is 19.2. The minimum atomic E-state index is -0.565. The molecule has 1 aromatic heterocycles. The molecule has 34 heavy (non-hydrogen) atoms. The first-order valence-corrected chi connectivity index (χ1v) is 11.9. The van der Waals surface area contributed by atoms with Crippen LogP contribution in [-0.2, 0) is 17.8 Å². The molecule has 7 heteroatoms. The van der Waals surface area contributed by atoms with Crippen molar-refractivity contribution in [1.82, 2.24) is 14.9 Å². The lowest BCUT2D eigenvalue weighted by Gasteiger charge is -2.35. The Kier molecular flexibility index (Phi) is 6.83. The molecule has 2 N–H and O–H groups in total. The molecular formula is C27H30N4O3. The number of nitrogens with zero attached hydrogens (tertiary/aromatic N) is 3. The molecule has 1 fully saturated rings. The highest BCUT2D eigenvalue weighted by atomic mass is 16.5. The standard InChI is InChI=1S/C27H30N4O3/c32-25-5-2-12-34-23-8-6-21(7-9-23)30-27-15-22(28-18-29-27)14-19-3-1-4-20(13-19)16-31-11-10-26(33)24(25)17-31/h1,3-4,6-9,13,15,18,24,26,33H,2,5,10-12,14,16-17H2,(H,28,29,30). The molecule has 1 saturated heterocycles. The number of carbonyl (C=O) groups excluding carboxylic acids is 1. The van der Waals surface area contributed by atoms with Crippen molar-refractivity contribution in [2.45, 2.75) is 38.3 Å². The van der Waals surface area contributed by atoms with E-state index in [-0.39, 0.29) is 11.7 Å². The van der Waals surface area contributed by atoms with Crippen molar-refractivity contribution in [1.29, 1.82) is 0 Å². The van der Waals surface area contributed by atoms with Crippen LogP contribution in [0.4, 0.5) is 11.5 Å². The largest absolute Gasteiger partial charge is 0.494 e. The summed E-state index contributed by atoms with van der Waals surface area (Å²) >= 11 is 0. The number of aliphatic hydroxyl groups excluding tert-OH is 1. The van der Waals surface area contributed by atoms with E-state index in [4.69, 9.17) is 4.74 Å². The summed E-state index contributed by atoms with van der Waals surface area (Å²) in [4.78, 5) is 24.0. The molecule has 2 aromatic carbocycles. The lowest BCUT2D eigenvalue weighted by Crippen LogP contribution is -2.46. The minimum Gasteiger partial charge on any atom is -0.494 e. The fourth-order valence-electron chi connectivity index (χ4n) is 4.74. The number of aliphatic hydroxyl groups is 1. The zero-order valence-corrected chi connectivity index (χ0v) is 19.2. The molecule has 3 unspecified atom stereocenters. The maximum absolute atomic E-state index is 12.9. The molecule has 3 atom stereocenters. The van der Waals surface area contributed by atoms with Crippen LogP contribution in [0.15, 0.2) is 60.9 Å². The maximum atomic E-state index is 12.9. The third-order valence-corrected chi connectivity index (χ3v) is 6.54. The zero-order chi connectivity index (χ0) is 23.3. The summed E-state index contributed by atoms with van der Waals surface area (Å²) in [7, 11) is 0. The van der Waals surface area contributed by atoms with Crippen LogP contribution in [0.5, 0.6) is 5.75 Å². The van der Waals surface area contributed by atoms with Gasteiger partial charge >= 0.3 is 0 Å². The number of nitrogens with one attached hydrogen (secondary N) is 1. The van der Waals surface area contributed by atoms with Crippen LogP contribution in [0.3, 0.4) is 0 Å². The Bertz CT molecular complexity index is 1130. The first-order valence-electron chi connectivity index (χ1n) is 11.9. The van der Waals surface area contributed by atoms with Crippen LogP contribution >= 0.6 is 0 Å². The van der Waals surface area contributed by atoms with Gasteiger partial charge in [0, 0.05) is 44.2 Å². The van der Waals surface area contributed by atoms with E-state index < -0.39 is 6.10 Å². The molecule has 0 radical (unpaired) electrons. The van der Waals surface area contributed by atoms with Crippen molar-refractivity contribution in [2.75, 3.05) is 25.0 Å². The number of anilines is 2. The Hall–Kier alpha value is -3.29. The number of aromatic nitrogens is 2. The maximum Gasteiger partial charge on any atom is 0.139 e. The van der Waals surface area contributed by atoms with Gasteiger partial charge in [0.05, 0.1) is 24.3 Å². The highest BCUT2D eigenvalue weighted by Gasteiger charge is 2.32. The fraction of sp³-hybridized carbons (Fsp3) is 0.370. The minimum absolute atomic E-state index is 0.123. The first-order chi connectivity index (χ1) is 16.6. The van der Waals surface area contributed by atoms with Gasteiger partial charge in [-0.15, -0.1) is 0 Å². The topological polar surface area (TPSA) is 87.6 Å². The number of benzene rings is 2. The number of Topliss-reactive ketones (excluding diaryl/α,β-unsaturated/α-hetero) is 1. The normalized spacial score (nSPS) is 23.3. The number of ether oxygens (including phenoxy) is 1. The number of rotatable bonds is 0. The summed E-state index contributed by atoms with van der Waals surface area (Å²) in [5.41, 5.74) is 4.23. The van der Waals surface area contributed by atoms with Crippen LogP contribution in [0, 0.1) is 5.92 Å². The van der Waals surface area contributed by atoms with Crippen molar-refractivity contribution < 1.29 is 14.6 Å². The molecule has 3 aliphatic rings. The van der Waals surface area contributed by atoms with Crippen LogP contribution in [0.1, 0.15) is 36.1 Å². The number of carbonyl (C=O) groups is 1. The second-order valence-corrected chi connectivity index (χ2v) is 9.16. The number of ketones is 1. The van der Waals surface area contributed by atoms with Gasteiger partial charge in [-0.05, 0) is 48.2 Å². The van der Waals surface area contributed by atoms with Gasteiger partial charge in [-0.2, -0.15) is 0 Å². The summed E-state index contributed by atoms with van der Waals surface area (Å²) in [5.74, 6) is 1.29. The summed E-state index contributed by atoms with van der Waals surface area (Å²) in [5, 5.41) is 13.8. The molecule has 7 nitrogen and oxygen atoms in total. The summed E-state index contributed by atoms with van der Waals surface area (Å²) in [6.45, 7) is 2.60. The molecule has 6 rings (SSSR count). The van der Waals surface area contributed by atoms with Gasteiger partial charge < -0.3 is 15.2 Å². The van der Waals surface area contributed by atoms with Crippen LogP contribution in [-0.4, -0.2) is 51.6 Å². The number of piperidine rings is 1. The quantitative estimate of drug-likeness (QED) is 0.531. The van der Waals surface area contributed by atoms with E-state index in [9.17, 15) is 9.90 Å². The van der Waals surface area contributed by atoms with E-state index in [0.717, 1.165) is 36.0 Å². The van der Waals surface area contributed by atoms with Crippen LogP contribution in [0.25, 0.3) is 0 Å². The third-order valence-electron chi connectivity index (χ3n) is 6.54. The Morgan fingerprint density at radius 2 is 1.91 bits per heavy atom. The highest BCUT2D eigenvalue weighted by Crippen LogP contribution is 2.24. The van der Waals surface area contributed by atoms with Crippen molar-refractivity contribution >= 4 is 17.3 Å². The Morgan fingerprint density at radius 1 is 1.06 bits per heavy atom. The van der Waals surface area contributed by atoms with Gasteiger partial charge in [0.15, 0.2) is 0 Å². The van der Waals surface area contributed by atoms with E-state index in [0.29, 0.717) is 38.8 Å². The predicted molar refractivity (Wildman–Crippen MR) is 130 cm³/mol. The van der Waals surface area contributed by atoms with Gasteiger partial charge in [0.25, 0.3) is 0 Å².